The fourth-order valence-corrected chi connectivity index (χ4v) is 2.04. The number of hydrogen-bond acceptors (Lipinski definition) is 1. The molecule has 2 nitrogen and oxygen atoms in total. The molecule has 2 aromatic rings. The van der Waals surface area contributed by atoms with Gasteiger partial charge < -0.3 is 4.90 Å². The Balaban J connectivity index is 2.22. The van der Waals surface area contributed by atoms with Crippen LogP contribution in [-0.4, -0.2) is 24.4 Å². The summed E-state index contributed by atoms with van der Waals surface area (Å²) in [6.07, 6.45) is 2.16. The molecule has 0 atom stereocenters. The first-order valence-corrected chi connectivity index (χ1v) is 6.46. The van der Waals surface area contributed by atoms with Crippen LogP contribution in [0.5, 0.6) is 0 Å². The second-order valence-electron chi connectivity index (χ2n) is 4.64. The molecule has 0 bridgehead atoms. The molecule has 18 heavy (non-hydrogen) atoms. The van der Waals surface area contributed by atoms with Gasteiger partial charge in [0, 0.05) is 19.2 Å². The van der Waals surface area contributed by atoms with Crippen LogP contribution < -0.4 is 0 Å². The number of carbonyl (C=O) groups is 1. The predicted octanol–water partition coefficient (Wildman–Crippen LogP) is 3.71. The van der Waals surface area contributed by atoms with Gasteiger partial charge in [-0.25, -0.2) is 0 Å². The van der Waals surface area contributed by atoms with E-state index in [9.17, 15) is 4.79 Å². The van der Waals surface area contributed by atoms with E-state index in [4.69, 9.17) is 0 Å². The predicted molar refractivity (Wildman–Crippen MR) is 75.8 cm³/mol. The molecule has 0 aromatic heterocycles. The Kier molecular flexibility index (Phi) is 3.98. The number of hydrogen-bond donors (Lipinski definition) is 0. The molecule has 2 heteroatoms. The normalized spacial score (nSPS) is 10.6. The average molecular weight is 241 g/mol. The van der Waals surface area contributed by atoms with Crippen molar-refractivity contribution in [1.29, 1.82) is 0 Å². The van der Waals surface area contributed by atoms with Crippen molar-refractivity contribution < 1.29 is 4.79 Å². The highest BCUT2D eigenvalue weighted by Gasteiger charge is 2.11. The van der Waals surface area contributed by atoms with Crippen molar-refractivity contribution >= 4 is 16.7 Å². The zero-order chi connectivity index (χ0) is 13.0. The first kappa shape index (κ1) is 12.6. The number of fused-ring (bicyclic) bond motifs is 1. The molecule has 2 rings (SSSR count). The van der Waals surface area contributed by atoms with Gasteiger partial charge in [0.05, 0.1) is 0 Å². The lowest BCUT2D eigenvalue weighted by Gasteiger charge is -2.17. The van der Waals surface area contributed by atoms with E-state index in [1.807, 2.05) is 43.4 Å². The Morgan fingerprint density at radius 2 is 1.83 bits per heavy atom. The number of unbranched alkanes of at least 4 members (excludes halogenated alkanes) is 1. The Hall–Kier alpha value is -1.83. The summed E-state index contributed by atoms with van der Waals surface area (Å²) < 4.78 is 0. The van der Waals surface area contributed by atoms with Crippen molar-refractivity contribution in [3.63, 3.8) is 0 Å². The van der Waals surface area contributed by atoms with Gasteiger partial charge in [0.15, 0.2) is 0 Å². The van der Waals surface area contributed by atoms with Gasteiger partial charge in [0.1, 0.15) is 0 Å². The van der Waals surface area contributed by atoms with Gasteiger partial charge in [-0.2, -0.15) is 0 Å². The highest BCUT2D eigenvalue weighted by molar-refractivity contribution is 5.98. The summed E-state index contributed by atoms with van der Waals surface area (Å²) in [5, 5.41) is 2.29. The molecule has 1 amide bonds. The fourth-order valence-electron chi connectivity index (χ4n) is 2.04. The van der Waals surface area contributed by atoms with E-state index in [1.165, 1.54) is 5.39 Å². The molecule has 0 heterocycles. The number of rotatable bonds is 4. The minimum absolute atomic E-state index is 0.106. The molecule has 0 fully saturated rings. The number of nitrogens with zero attached hydrogens (tertiary/aromatic N) is 1. The molecule has 0 radical (unpaired) electrons. The van der Waals surface area contributed by atoms with Crippen molar-refractivity contribution in [2.75, 3.05) is 13.6 Å². The van der Waals surface area contributed by atoms with Gasteiger partial charge >= 0.3 is 0 Å². The van der Waals surface area contributed by atoms with Gasteiger partial charge in [-0.1, -0.05) is 43.7 Å². The van der Waals surface area contributed by atoms with Crippen LogP contribution >= 0.6 is 0 Å². The maximum Gasteiger partial charge on any atom is 0.253 e. The summed E-state index contributed by atoms with van der Waals surface area (Å²) in [4.78, 5) is 14.0. The second-order valence-corrected chi connectivity index (χ2v) is 4.64. The highest BCUT2D eigenvalue weighted by atomic mass is 16.2. The van der Waals surface area contributed by atoms with E-state index in [0.717, 1.165) is 30.3 Å². The van der Waals surface area contributed by atoms with E-state index in [1.54, 1.807) is 4.90 Å². The quantitative estimate of drug-likeness (QED) is 0.799. The summed E-state index contributed by atoms with van der Waals surface area (Å²) in [5.74, 6) is 0.106. The average Bonchev–Trinajstić information content (AvgIpc) is 2.43. The van der Waals surface area contributed by atoms with Crippen molar-refractivity contribution in [1.82, 2.24) is 4.90 Å². The monoisotopic (exact) mass is 241 g/mol. The summed E-state index contributed by atoms with van der Waals surface area (Å²) in [7, 11) is 1.87. The molecule has 0 saturated heterocycles. The van der Waals surface area contributed by atoms with Gasteiger partial charge in [0.2, 0.25) is 0 Å². The van der Waals surface area contributed by atoms with Gasteiger partial charge in [-0.05, 0) is 29.3 Å². The molecular weight excluding hydrogens is 222 g/mol. The van der Waals surface area contributed by atoms with Crippen molar-refractivity contribution in [3.05, 3.63) is 48.0 Å². The topological polar surface area (TPSA) is 20.3 Å². The SMILES string of the molecule is CCCCN(C)C(=O)c1ccc2ccccc2c1. The smallest absolute Gasteiger partial charge is 0.253 e. The minimum Gasteiger partial charge on any atom is -0.342 e. The van der Waals surface area contributed by atoms with E-state index >= 15 is 0 Å². The van der Waals surface area contributed by atoms with Crippen LogP contribution in [0.25, 0.3) is 10.8 Å². The summed E-state index contributed by atoms with van der Waals surface area (Å²) in [6.45, 7) is 2.95. The lowest BCUT2D eigenvalue weighted by molar-refractivity contribution is 0.0793. The number of benzene rings is 2. The Labute approximate surface area is 108 Å². The maximum absolute atomic E-state index is 12.2. The number of amides is 1. The van der Waals surface area contributed by atoms with E-state index in [-0.39, 0.29) is 5.91 Å². The lowest BCUT2D eigenvalue weighted by Crippen LogP contribution is -2.27. The molecule has 0 unspecified atom stereocenters. The first-order chi connectivity index (χ1) is 8.72. The van der Waals surface area contributed by atoms with Crippen LogP contribution in [0.15, 0.2) is 42.5 Å². The molecule has 0 aliphatic rings. The minimum atomic E-state index is 0.106. The standard InChI is InChI=1S/C16H19NO/c1-3-4-11-17(2)16(18)15-10-9-13-7-5-6-8-14(13)12-15/h5-10,12H,3-4,11H2,1-2H3. The van der Waals surface area contributed by atoms with E-state index < -0.39 is 0 Å². The third-order valence-corrected chi connectivity index (χ3v) is 3.19. The second kappa shape index (κ2) is 5.67. The molecule has 2 aromatic carbocycles. The van der Waals surface area contributed by atoms with Gasteiger partial charge in [0.25, 0.3) is 5.91 Å². The lowest BCUT2D eigenvalue weighted by atomic mass is 10.1. The zero-order valence-corrected chi connectivity index (χ0v) is 11.0. The Bertz CT molecular complexity index is 548. The first-order valence-electron chi connectivity index (χ1n) is 6.46. The van der Waals surface area contributed by atoms with Crippen LogP contribution in [0.1, 0.15) is 30.1 Å². The fraction of sp³-hybridized carbons (Fsp3) is 0.312. The zero-order valence-electron chi connectivity index (χ0n) is 11.0. The molecule has 0 saturated carbocycles. The molecular formula is C16H19NO. The Morgan fingerprint density at radius 1 is 1.11 bits per heavy atom. The van der Waals surface area contributed by atoms with Gasteiger partial charge in [-0.15, -0.1) is 0 Å². The number of carbonyl (C=O) groups excluding carboxylic acids is 1. The van der Waals surface area contributed by atoms with Crippen molar-refractivity contribution in [3.8, 4) is 0 Å². The third-order valence-electron chi connectivity index (χ3n) is 3.19. The summed E-state index contributed by atoms with van der Waals surface area (Å²) in [6, 6.07) is 14.0. The van der Waals surface area contributed by atoms with Crippen molar-refractivity contribution in [2.45, 2.75) is 19.8 Å². The molecule has 0 N–H and O–H groups in total. The highest BCUT2D eigenvalue weighted by Crippen LogP contribution is 2.16. The maximum atomic E-state index is 12.2. The van der Waals surface area contributed by atoms with E-state index in [0.29, 0.717) is 0 Å². The van der Waals surface area contributed by atoms with Crippen LogP contribution in [0.4, 0.5) is 0 Å². The Morgan fingerprint density at radius 3 is 2.56 bits per heavy atom. The van der Waals surface area contributed by atoms with Crippen LogP contribution in [-0.2, 0) is 0 Å². The third kappa shape index (κ3) is 2.70. The summed E-state index contributed by atoms with van der Waals surface area (Å²) in [5.41, 5.74) is 0.771. The molecule has 0 spiro atoms. The molecule has 0 aliphatic carbocycles. The largest absolute Gasteiger partial charge is 0.342 e. The van der Waals surface area contributed by atoms with Crippen LogP contribution in [0.3, 0.4) is 0 Å². The molecule has 0 aliphatic heterocycles. The van der Waals surface area contributed by atoms with Crippen LogP contribution in [0, 0.1) is 0 Å². The summed E-state index contributed by atoms with van der Waals surface area (Å²) >= 11 is 0. The van der Waals surface area contributed by atoms with Crippen molar-refractivity contribution in [2.24, 2.45) is 0 Å². The van der Waals surface area contributed by atoms with E-state index in [2.05, 4.69) is 13.0 Å². The van der Waals surface area contributed by atoms with Gasteiger partial charge in [-0.3, -0.25) is 4.79 Å². The van der Waals surface area contributed by atoms with Crippen LogP contribution in [0.2, 0.25) is 0 Å². The molecule has 94 valence electrons.